The highest BCUT2D eigenvalue weighted by Gasteiger charge is 2.00. The molecule has 5 heteroatoms. The predicted octanol–water partition coefficient (Wildman–Crippen LogP) is -0.408. The Morgan fingerprint density at radius 2 is 2.08 bits per heavy atom. The minimum absolute atomic E-state index is 0.0866. The first kappa shape index (κ1) is 11.2. The highest BCUT2D eigenvalue weighted by molar-refractivity contribution is 7.80. The second-order valence-corrected chi connectivity index (χ2v) is 3.36. The Morgan fingerprint density at radius 3 is 2.50 bits per heavy atom. The van der Waals surface area contributed by atoms with Crippen LogP contribution in [-0.2, 0) is 4.79 Å². The van der Waals surface area contributed by atoms with Gasteiger partial charge in [-0.1, -0.05) is 13.8 Å². The molecular formula is C7H15N3OS. The lowest BCUT2D eigenvalue weighted by Gasteiger charge is -2.07. The number of carbonyl (C=O) groups excluding carboxylic acids is 1. The first-order valence-electron chi connectivity index (χ1n) is 3.82. The molecule has 0 saturated carbocycles. The number of amides is 1. The van der Waals surface area contributed by atoms with Crippen molar-refractivity contribution in [1.82, 2.24) is 10.6 Å². The van der Waals surface area contributed by atoms with E-state index in [0.29, 0.717) is 12.5 Å². The first-order chi connectivity index (χ1) is 5.52. The number of nitrogens with two attached hydrogens (primary N) is 1. The van der Waals surface area contributed by atoms with Crippen LogP contribution in [-0.4, -0.2) is 24.1 Å². The van der Waals surface area contributed by atoms with Crippen LogP contribution in [0, 0.1) is 5.92 Å². The highest BCUT2D eigenvalue weighted by atomic mass is 32.1. The summed E-state index contributed by atoms with van der Waals surface area (Å²) in [5.41, 5.74) is 5.14. The lowest BCUT2D eigenvalue weighted by molar-refractivity contribution is -0.120. The molecule has 0 fully saturated rings. The Bertz CT molecular complexity index is 170. The summed E-state index contributed by atoms with van der Waals surface area (Å²) in [6, 6.07) is 0. The van der Waals surface area contributed by atoms with E-state index in [9.17, 15) is 4.79 Å². The van der Waals surface area contributed by atoms with Gasteiger partial charge in [0, 0.05) is 6.54 Å². The molecule has 0 aliphatic carbocycles. The topological polar surface area (TPSA) is 67.2 Å². The minimum atomic E-state index is -0.0866. The molecule has 0 unspecified atom stereocenters. The third kappa shape index (κ3) is 7.27. The van der Waals surface area contributed by atoms with E-state index in [4.69, 9.17) is 5.73 Å². The molecular weight excluding hydrogens is 174 g/mol. The summed E-state index contributed by atoms with van der Waals surface area (Å²) >= 11 is 4.54. The molecule has 12 heavy (non-hydrogen) atoms. The maximum absolute atomic E-state index is 11.0. The standard InChI is InChI=1S/C7H15N3OS/c1-5(2)3-9-6(11)4-10-7(8)12/h5H,3-4H2,1-2H3,(H,9,11)(H3,8,10,12). The molecule has 0 aliphatic rings. The second kappa shape index (κ2) is 5.77. The van der Waals surface area contributed by atoms with E-state index in [0.717, 1.165) is 0 Å². The molecule has 0 saturated heterocycles. The monoisotopic (exact) mass is 189 g/mol. The van der Waals surface area contributed by atoms with Gasteiger partial charge in [-0.25, -0.2) is 0 Å². The zero-order valence-electron chi connectivity index (χ0n) is 7.39. The van der Waals surface area contributed by atoms with Crippen LogP contribution in [0.5, 0.6) is 0 Å². The molecule has 4 nitrogen and oxygen atoms in total. The maximum Gasteiger partial charge on any atom is 0.239 e. The Balaban J connectivity index is 3.40. The van der Waals surface area contributed by atoms with Crippen molar-refractivity contribution >= 4 is 23.2 Å². The quantitative estimate of drug-likeness (QED) is 0.526. The predicted molar refractivity (Wildman–Crippen MR) is 52.6 cm³/mol. The Morgan fingerprint density at radius 1 is 1.50 bits per heavy atom. The van der Waals surface area contributed by atoms with Gasteiger partial charge in [0.1, 0.15) is 0 Å². The number of rotatable bonds is 4. The van der Waals surface area contributed by atoms with E-state index < -0.39 is 0 Å². The van der Waals surface area contributed by atoms with Crippen LogP contribution in [0.15, 0.2) is 0 Å². The van der Waals surface area contributed by atoms with E-state index in [-0.39, 0.29) is 17.6 Å². The number of hydrogen-bond donors (Lipinski definition) is 3. The summed E-state index contributed by atoms with van der Waals surface area (Å²) in [6.07, 6.45) is 0. The average molecular weight is 189 g/mol. The van der Waals surface area contributed by atoms with Gasteiger partial charge < -0.3 is 16.4 Å². The van der Waals surface area contributed by atoms with Gasteiger partial charge in [0.2, 0.25) is 5.91 Å². The van der Waals surface area contributed by atoms with Gasteiger partial charge in [-0.15, -0.1) is 0 Å². The largest absolute Gasteiger partial charge is 0.376 e. The normalized spacial score (nSPS) is 9.58. The fourth-order valence-electron chi connectivity index (χ4n) is 0.548. The number of thiocarbonyl (C=S) groups is 1. The number of hydrogen-bond acceptors (Lipinski definition) is 2. The molecule has 0 aliphatic heterocycles. The summed E-state index contributed by atoms with van der Waals surface area (Å²) in [6.45, 7) is 4.89. The third-order valence-electron chi connectivity index (χ3n) is 1.13. The van der Waals surface area contributed by atoms with Crippen molar-refractivity contribution in [3.05, 3.63) is 0 Å². The number of nitrogens with one attached hydrogen (secondary N) is 2. The van der Waals surface area contributed by atoms with E-state index >= 15 is 0 Å². The van der Waals surface area contributed by atoms with Crippen molar-refractivity contribution < 1.29 is 4.79 Å². The van der Waals surface area contributed by atoms with Gasteiger partial charge in [-0.05, 0) is 18.1 Å². The molecule has 0 radical (unpaired) electrons. The van der Waals surface area contributed by atoms with Crippen LogP contribution in [0.1, 0.15) is 13.8 Å². The SMILES string of the molecule is CC(C)CNC(=O)CNC(N)=S. The maximum atomic E-state index is 11.0. The molecule has 0 aromatic rings. The molecule has 4 N–H and O–H groups in total. The summed E-state index contributed by atoms with van der Waals surface area (Å²) in [5, 5.41) is 5.43. The molecule has 70 valence electrons. The van der Waals surface area contributed by atoms with Crippen molar-refractivity contribution in [1.29, 1.82) is 0 Å². The summed E-state index contributed by atoms with van der Waals surface area (Å²) in [4.78, 5) is 11.0. The summed E-state index contributed by atoms with van der Waals surface area (Å²) in [5.74, 6) is 0.371. The van der Waals surface area contributed by atoms with E-state index in [2.05, 4.69) is 22.9 Å². The van der Waals surface area contributed by atoms with Gasteiger partial charge in [-0.2, -0.15) is 0 Å². The molecule has 0 spiro atoms. The van der Waals surface area contributed by atoms with Crippen molar-refractivity contribution in [3.8, 4) is 0 Å². The highest BCUT2D eigenvalue weighted by Crippen LogP contribution is 1.85. The van der Waals surface area contributed by atoms with E-state index in [1.807, 2.05) is 13.8 Å². The van der Waals surface area contributed by atoms with E-state index in [1.165, 1.54) is 0 Å². The van der Waals surface area contributed by atoms with Crippen LogP contribution in [0.3, 0.4) is 0 Å². The lowest BCUT2D eigenvalue weighted by Crippen LogP contribution is -2.40. The van der Waals surface area contributed by atoms with Crippen LogP contribution in [0.25, 0.3) is 0 Å². The van der Waals surface area contributed by atoms with Crippen molar-refractivity contribution in [2.24, 2.45) is 11.7 Å². The lowest BCUT2D eigenvalue weighted by atomic mass is 10.2. The fourth-order valence-corrected chi connectivity index (χ4v) is 0.620. The molecule has 0 bridgehead atoms. The van der Waals surface area contributed by atoms with E-state index in [1.54, 1.807) is 0 Å². The van der Waals surface area contributed by atoms with Crippen LogP contribution < -0.4 is 16.4 Å². The van der Waals surface area contributed by atoms with Gasteiger partial charge >= 0.3 is 0 Å². The van der Waals surface area contributed by atoms with Crippen LogP contribution in [0.4, 0.5) is 0 Å². The number of carbonyl (C=O) groups is 1. The van der Waals surface area contributed by atoms with Crippen molar-refractivity contribution in [3.63, 3.8) is 0 Å². The van der Waals surface area contributed by atoms with Crippen molar-refractivity contribution in [2.45, 2.75) is 13.8 Å². The van der Waals surface area contributed by atoms with Crippen molar-refractivity contribution in [2.75, 3.05) is 13.1 Å². The molecule has 0 atom stereocenters. The Labute approximate surface area is 77.9 Å². The summed E-state index contributed by atoms with van der Waals surface area (Å²) in [7, 11) is 0. The minimum Gasteiger partial charge on any atom is -0.376 e. The fraction of sp³-hybridized carbons (Fsp3) is 0.714. The van der Waals surface area contributed by atoms with Gasteiger partial charge in [0.05, 0.1) is 6.54 Å². The zero-order chi connectivity index (χ0) is 9.56. The van der Waals surface area contributed by atoms with Gasteiger partial charge in [-0.3, -0.25) is 4.79 Å². The second-order valence-electron chi connectivity index (χ2n) is 2.92. The Hall–Kier alpha value is -0.840. The average Bonchev–Trinajstić information content (AvgIpc) is 1.96. The Kier molecular flexibility index (Phi) is 5.36. The van der Waals surface area contributed by atoms with Gasteiger partial charge in [0.15, 0.2) is 5.11 Å². The smallest absolute Gasteiger partial charge is 0.239 e. The first-order valence-corrected chi connectivity index (χ1v) is 4.23. The van der Waals surface area contributed by atoms with Gasteiger partial charge in [0.25, 0.3) is 0 Å². The third-order valence-corrected chi connectivity index (χ3v) is 1.27. The molecule has 0 heterocycles. The molecule has 0 aromatic carbocycles. The molecule has 0 rings (SSSR count). The zero-order valence-corrected chi connectivity index (χ0v) is 8.20. The van der Waals surface area contributed by atoms with Crippen LogP contribution in [0.2, 0.25) is 0 Å². The molecule has 0 aromatic heterocycles. The van der Waals surface area contributed by atoms with Crippen LogP contribution >= 0.6 is 12.2 Å². The summed E-state index contributed by atoms with van der Waals surface area (Å²) < 4.78 is 0. The molecule has 1 amide bonds.